The van der Waals surface area contributed by atoms with Gasteiger partial charge in [-0.2, -0.15) is 0 Å². The van der Waals surface area contributed by atoms with Gasteiger partial charge in [-0.15, -0.1) is 0 Å². The second-order valence-corrected chi connectivity index (χ2v) is 9.74. The van der Waals surface area contributed by atoms with Gasteiger partial charge in [-0.1, -0.05) is 25.1 Å². The Morgan fingerprint density at radius 3 is 2.89 bits per heavy atom. The zero-order chi connectivity index (χ0) is 19.0. The molecule has 1 unspecified atom stereocenters. The lowest BCUT2D eigenvalue weighted by molar-refractivity contribution is -0.137. The number of carbonyl (C=O) groups is 1. The number of hydrogen-bond acceptors (Lipinski definition) is 3. The number of hydrogen-bond donors (Lipinski definition) is 1. The summed E-state index contributed by atoms with van der Waals surface area (Å²) in [6.45, 7) is 4.04. The van der Waals surface area contributed by atoms with Crippen LogP contribution in [0.1, 0.15) is 37.4 Å². The van der Waals surface area contributed by atoms with Crippen LogP contribution in [0.2, 0.25) is 0 Å². The molecule has 146 valence electrons. The van der Waals surface area contributed by atoms with Crippen molar-refractivity contribution in [3.63, 3.8) is 0 Å². The van der Waals surface area contributed by atoms with Gasteiger partial charge in [0, 0.05) is 54.8 Å². The smallest absolute Gasteiger partial charge is 0.227 e. The average molecular weight is 390 g/mol. The monoisotopic (exact) mass is 389 g/mol. The Kier molecular flexibility index (Phi) is 4.99. The topological polar surface area (TPSA) is 73.5 Å². The number of carbonyl (C=O) groups excluding carboxylic acids is 1. The maximum atomic E-state index is 13.1. The van der Waals surface area contributed by atoms with Crippen molar-refractivity contribution in [3.8, 4) is 0 Å². The number of nitrogens with zero attached hydrogens (tertiary/aromatic N) is 2. The molecule has 6 nitrogen and oxygen atoms in total. The van der Waals surface area contributed by atoms with Crippen LogP contribution in [0.25, 0.3) is 10.9 Å². The first-order chi connectivity index (χ1) is 13.0. The van der Waals surface area contributed by atoms with Crippen LogP contribution in [0.3, 0.4) is 0 Å². The van der Waals surface area contributed by atoms with Crippen LogP contribution in [-0.2, 0) is 27.8 Å². The molecule has 4 rings (SSSR count). The lowest BCUT2D eigenvalue weighted by Crippen LogP contribution is -2.48. The highest BCUT2D eigenvalue weighted by Gasteiger charge is 2.35. The fraction of sp³-hybridized carbons (Fsp3) is 0.550. The van der Waals surface area contributed by atoms with Crippen LogP contribution < -0.4 is 0 Å². The number of fused-ring (bicyclic) bond motifs is 3. The molecule has 0 radical (unpaired) electrons. The van der Waals surface area contributed by atoms with E-state index in [2.05, 4.69) is 17.1 Å². The molecule has 1 fully saturated rings. The van der Waals surface area contributed by atoms with Crippen molar-refractivity contribution in [2.24, 2.45) is 5.92 Å². The van der Waals surface area contributed by atoms with Crippen molar-refractivity contribution in [1.29, 1.82) is 0 Å². The molecule has 2 aliphatic heterocycles. The highest BCUT2D eigenvalue weighted by Crippen LogP contribution is 2.29. The Morgan fingerprint density at radius 2 is 2.07 bits per heavy atom. The Hall–Kier alpha value is -1.86. The van der Waals surface area contributed by atoms with Crippen LogP contribution in [0.4, 0.5) is 0 Å². The second kappa shape index (κ2) is 7.28. The molecule has 0 bridgehead atoms. The zero-order valence-corrected chi connectivity index (χ0v) is 16.6. The van der Waals surface area contributed by atoms with Crippen LogP contribution in [0, 0.1) is 5.92 Å². The summed E-state index contributed by atoms with van der Waals surface area (Å²) in [5.41, 5.74) is 3.54. The number of piperidine rings is 1. The number of nitrogens with one attached hydrogen (secondary N) is 1. The molecule has 1 saturated heterocycles. The minimum Gasteiger partial charge on any atom is -0.358 e. The highest BCUT2D eigenvalue weighted by atomic mass is 32.2. The SMILES string of the molecule is CCCS(=O)(=O)N1CCCC(C(=O)N2CCc3[nH]c4ccccc4c3C2)C1. The van der Waals surface area contributed by atoms with E-state index in [4.69, 9.17) is 0 Å². The first kappa shape index (κ1) is 18.5. The third-order valence-corrected chi connectivity index (χ3v) is 7.83. The molecule has 1 aromatic heterocycles. The van der Waals surface area contributed by atoms with Crippen molar-refractivity contribution in [2.75, 3.05) is 25.4 Å². The number of sulfonamides is 1. The third-order valence-electron chi connectivity index (χ3n) is 5.78. The Balaban J connectivity index is 1.50. The van der Waals surface area contributed by atoms with Gasteiger partial charge < -0.3 is 9.88 Å². The van der Waals surface area contributed by atoms with Crippen LogP contribution in [0.5, 0.6) is 0 Å². The molecular formula is C20H27N3O3S. The molecule has 27 heavy (non-hydrogen) atoms. The zero-order valence-electron chi connectivity index (χ0n) is 15.8. The number of aromatic amines is 1. The maximum Gasteiger partial charge on any atom is 0.227 e. The molecule has 7 heteroatoms. The Labute approximate surface area is 160 Å². The fourth-order valence-corrected chi connectivity index (χ4v) is 5.98. The summed E-state index contributed by atoms with van der Waals surface area (Å²) in [5.74, 6) is 0.0375. The molecule has 1 aromatic carbocycles. The first-order valence-corrected chi connectivity index (χ1v) is 11.5. The van der Waals surface area contributed by atoms with Gasteiger partial charge in [0.25, 0.3) is 0 Å². The lowest BCUT2D eigenvalue weighted by Gasteiger charge is -2.35. The van der Waals surface area contributed by atoms with Gasteiger partial charge in [0.05, 0.1) is 11.7 Å². The molecule has 3 heterocycles. The fourth-order valence-electron chi connectivity index (χ4n) is 4.40. The summed E-state index contributed by atoms with van der Waals surface area (Å²) in [6, 6.07) is 8.20. The number of benzene rings is 1. The van der Waals surface area contributed by atoms with Crippen molar-refractivity contribution in [2.45, 2.75) is 39.2 Å². The van der Waals surface area contributed by atoms with Crippen LogP contribution >= 0.6 is 0 Å². The van der Waals surface area contributed by atoms with Crippen molar-refractivity contribution in [1.82, 2.24) is 14.2 Å². The summed E-state index contributed by atoms with van der Waals surface area (Å²) in [7, 11) is -3.24. The predicted octanol–water partition coefficient (Wildman–Crippen LogP) is 2.50. The van der Waals surface area contributed by atoms with Gasteiger partial charge >= 0.3 is 0 Å². The van der Waals surface area contributed by atoms with E-state index in [0.717, 1.165) is 24.8 Å². The van der Waals surface area contributed by atoms with E-state index in [1.165, 1.54) is 20.9 Å². The van der Waals surface area contributed by atoms with Crippen LogP contribution in [0.15, 0.2) is 24.3 Å². The van der Waals surface area contributed by atoms with E-state index in [9.17, 15) is 13.2 Å². The average Bonchev–Trinajstić information content (AvgIpc) is 3.05. The molecule has 0 aliphatic carbocycles. The Morgan fingerprint density at radius 1 is 1.26 bits per heavy atom. The molecule has 0 spiro atoms. The van der Waals surface area contributed by atoms with E-state index < -0.39 is 10.0 Å². The van der Waals surface area contributed by atoms with Gasteiger partial charge in [-0.25, -0.2) is 12.7 Å². The molecular weight excluding hydrogens is 362 g/mol. The summed E-state index contributed by atoms with van der Waals surface area (Å²) in [6.07, 6.45) is 2.95. The van der Waals surface area contributed by atoms with Crippen molar-refractivity contribution in [3.05, 3.63) is 35.5 Å². The number of amides is 1. The van der Waals surface area contributed by atoms with Gasteiger partial charge in [0.2, 0.25) is 15.9 Å². The highest BCUT2D eigenvalue weighted by molar-refractivity contribution is 7.89. The van der Waals surface area contributed by atoms with Crippen molar-refractivity contribution >= 4 is 26.8 Å². The summed E-state index contributed by atoms with van der Waals surface area (Å²) >= 11 is 0. The molecule has 2 aromatic rings. The number of H-pyrrole nitrogens is 1. The van der Waals surface area contributed by atoms with Crippen LogP contribution in [-0.4, -0.2) is 53.9 Å². The summed E-state index contributed by atoms with van der Waals surface area (Å²) < 4.78 is 26.3. The lowest BCUT2D eigenvalue weighted by atomic mass is 9.96. The standard InChI is InChI=1S/C20H27N3O3S/c1-2-12-27(25,26)23-10-5-6-15(13-23)20(24)22-11-9-19-17(14-22)16-7-3-4-8-18(16)21-19/h3-4,7-8,15,21H,2,5-6,9-14H2,1H3. The second-order valence-electron chi connectivity index (χ2n) is 7.65. The molecule has 0 saturated carbocycles. The molecule has 1 N–H and O–H groups in total. The van der Waals surface area contributed by atoms with E-state index in [1.54, 1.807) is 0 Å². The summed E-state index contributed by atoms with van der Waals surface area (Å²) in [5, 5.41) is 1.18. The minimum absolute atomic E-state index is 0.0994. The van der Waals surface area contributed by atoms with Crippen molar-refractivity contribution < 1.29 is 13.2 Å². The van der Waals surface area contributed by atoms with E-state index in [0.29, 0.717) is 32.6 Å². The quantitative estimate of drug-likeness (QED) is 0.873. The summed E-state index contributed by atoms with van der Waals surface area (Å²) in [4.78, 5) is 18.5. The molecule has 2 aliphatic rings. The predicted molar refractivity (Wildman–Crippen MR) is 106 cm³/mol. The normalized spacial score (nSPS) is 21.4. The van der Waals surface area contributed by atoms with Gasteiger partial charge in [-0.05, 0) is 25.3 Å². The third kappa shape index (κ3) is 3.50. The number of rotatable bonds is 4. The molecule has 1 amide bonds. The maximum absolute atomic E-state index is 13.1. The molecule has 1 atom stereocenters. The number of para-hydroxylation sites is 1. The van der Waals surface area contributed by atoms with Gasteiger partial charge in [0.1, 0.15) is 0 Å². The first-order valence-electron chi connectivity index (χ1n) is 9.84. The van der Waals surface area contributed by atoms with Gasteiger partial charge in [0.15, 0.2) is 0 Å². The van der Waals surface area contributed by atoms with E-state index in [-0.39, 0.29) is 17.6 Å². The van der Waals surface area contributed by atoms with E-state index in [1.807, 2.05) is 24.0 Å². The minimum atomic E-state index is -3.24. The van der Waals surface area contributed by atoms with Gasteiger partial charge in [-0.3, -0.25) is 4.79 Å². The Bertz CT molecular complexity index is 951. The largest absolute Gasteiger partial charge is 0.358 e. The van der Waals surface area contributed by atoms with E-state index >= 15 is 0 Å². The number of aromatic nitrogens is 1.